The Bertz CT molecular complexity index is 1600. The van der Waals surface area contributed by atoms with E-state index >= 15 is 0 Å². The summed E-state index contributed by atoms with van der Waals surface area (Å²) in [7, 11) is -5.02. The molecule has 2 atom stereocenters. The van der Waals surface area contributed by atoms with Crippen LogP contribution in [0.4, 0.5) is 5.13 Å². The molecule has 2 amide bonds. The number of amides is 2. The van der Waals surface area contributed by atoms with Gasteiger partial charge in [-0.2, -0.15) is 13.5 Å². The number of hydrogen-bond donors (Lipinski definition) is 6. The number of β-lactam (4-membered cyclic amide) rings is 1. The van der Waals surface area contributed by atoms with Crippen molar-refractivity contribution >= 4 is 56.2 Å². The van der Waals surface area contributed by atoms with Crippen LogP contribution in [0.25, 0.3) is 0 Å². The lowest BCUT2D eigenvalue weighted by Gasteiger charge is -2.50. The summed E-state index contributed by atoms with van der Waals surface area (Å²) in [6.07, 6.45) is -1.69. The van der Waals surface area contributed by atoms with Crippen LogP contribution in [0.1, 0.15) is 30.0 Å². The lowest BCUT2D eigenvalue weighted by molar-refractivity contribution is -0.218. The van der Waals surface area contributed by atoms with Crippen molar-refractivity contribution in [3.8, 4) is 5.75 Å². The fourth-order valence-corrected chi connectivity index (χ4v) is 5.18. The predicted molar refractivity (Wildman–Crippen MR) is 155 cm³/mol. The van der Waals surface area contributed by atoms with Crippen molar-refractivity contribution in [2.45, 2.75) is 44.5 Å². The summed E-state index contributed by atoms with van der Waals surface area (Å²) in [5.74, 6) is -2.81. The molecule has 1 aromatic heterocycles. The van der Waals surface area contributed by atoms with Gasteiger partial charge in [0.15, 0.2) is 10.8 Å². The number of anilines is 1. The molecule has 2 saturated heterocycles. The van der Waals surface area contributed by atoms with Gasteiger partial charge in [0.25, 0.3) is 17.9 Å². The van der Waals surface area contributed by atoms with Gasteiger partial charge in [0.2, 0.25) is 0 Å². The van der Waals surface area contributed by atoms with Crippen molar-refractivity contribution in [2.24, 2.45) is 15.9 Å². The number of carbonyl (C=O) groups is 3. The van der Waals surface area contributed by atoms with Gasteiger partial charge in [0, 0.05) is 23.5 Å². The van der Waals surface area contributed by atoms with Gasteiger partial charge in [0.1, 0.15) is 29.9 Å². The second kappa shape index (κ2) is 12.7. The molecule has 0 unspecified atom stereocenters. The smallest absolute Gasteiger partial charge is 0.418 e. The average molecular weight is 655 g/mol. The molecule has 20 heteroatoms. The number of nitrogens with two attached hydrogens (primary N) is 2. The molecule has 44 heavy (non-hydrogen) atoms. The highest BCUT2D eigenvalue weighted by Crippen LogP contribution is 2.33. The molecule has 238 valence electrons. The summed E-state index contributed by atoms with van der Waals surface area (Å²) in [5.41, 5.74) is 10.5. The number of carboxylic acids is 1. The van der Waals surface area contributed by atoms with Crippen LogP contribution in [-0.2, 0) is 33.9 Å². The van der Waals surface area contributed by atoms with Crippen LogP contribution in [0.5, 0.6) is 5.75 Å². The van der Waals surface area contributed by atoms with Crippen molar-refractivity contribution in [1.29, 1.82) is 0 Å². The number of nitrogens with one attached hydrogen (secondary N) is 2. The number of amidine groups is 1. The van der Waals surface area contributed by atoms with Gasteiger partial charge < -0.3 is 36.8 Å². The van der Waals surface area contributed by atoms with Crippen LogP contribution in [0.15, 0.2) is 34.4 Å². The molecule has 0 saturated carbocycles. The second-order valence-electron chi connectivity index (χ2n) is 10.2. The van der Waals surface area contributed by atoms with E-state index in [2.05, 4.69) is 30.0 Å². The SMILES string of the molecule is Cc1sc(N)nc1/C(=N/O[C@@H](COc1ccc(C(N)=NC2CNC2)cc1)C(=O)O)C(=O)N[C@@H]1C(=O)N(OS(=O)(=O)O)C1(C)C. The van der Waals surface area contributed by atoms with Crippen molar-refractivity contribution < 1.29 is 46.3 Å². The van der Waals surface area contributed by atoms with Crippen molar-refractivity contribution in [2.75, 3.05) is 25.4 Å². The first-order valence-corrected chi connectivity index (χ1v) is 15.0. The number of benzene rings is 1. The Morgan fingerprint density at radius 1 is 1.30 bits per heavy atom. The van der Waals surface area contributed by atoms with E-state index in [-0.39, 0.29) is 16.9 Å². The Morgan fingerprint density at radius 2 is 1.95 bits per heavy atom. The van der Waals surface area contributed by atoms with Crippen LogP contribution < -0.4 is 26.8 Å². The van der Waals surface area contributed by atoms with Crippen LogP contribution in [0.2, 0.25) is 0 Å². The van der Waals surface area contributed by atoms with Gasteiger partial charge in [-0.25, -0.2) is 9.78 Å². The minimum Gasteiger partial charge on any atom is -0.489 e. The molecule has 4 rings (SSSR count). The van der Waals surface area contributed by atoms with Crippen LogP contribution in [0.3, 0.4) is 0 Å². The van der Waals surface area contributed by atoms with E-state index in [4.69, 9.17) is 25.6 Å². The molecule has 3 heterocycles. The number of oxime groups is 1. The minimum atomic E-state index is -5.02. The number of rotatable bonds is 13. The zero-order valence-electron chi connectivity index (χ0n) is 23.6. The van der Waals surface area contributed by atoms with E-state index in [1.807, 2.05) is 0 Å². The maximum Gasteiger partial charge on any atom is 0.418 e. The Labute approximate surface area is 255 Å². The van der Waals surface area contributed by atoms with Crippen molar-refractivity contribution in [1.82, 2.24) is 20.7 Å². The highest BCUT2D eigenvalue weighted by atomic mass is 32.3. The number of aliphatic imine (C=N–C) groups is 1. The lowest BCUT2D eigenvalue weighted by Crippen LogP contribution is -2.76. The summed E-state index contributed by atoms with van der Waals surface area (Å²) in [6, 6.07) is 5.27. The van der Waals surface area contributed by atoms with E-state index in [9.17, 15) is 27.9 Å². The van der Waals surface area contributed by atoms with Gasteiger partial charge in [-0.3, -0.25) is 19.1 Å². The number of carbonyl (C=O) groups excluding carboxylic acids is 2. The van der Waals surface area contributed by atoms with E-state index in [0.717, 1.165) is 24.4 Å². The van der Waals surface area contributed by atoms with Gasteiger partial charge in [-0.15, -0.1) is 15.6 Å². The maximum atomic E-state index is 13.3. The molecule has 0 spiro atoms. The Morgan fingerprint density at radius 3 is 2.45 bits per heavy atom. The number of thiazole rings is 1. The van der Waals surface area contributed by atoms with E-state index in [0.29, 0.717) is 27.1 Å². The molecule has 1 aromatic carbocycles. The first-order valence-electron chi connectivity index (χ1n) is 12.9. The monoisotopic (exact) mass is 654 g/mol. The highest BCUT2D eigenvalue weighted by molar-refractivity contribution is 7.80. The quantitative estimate of drug-likeness (QED) is 0.0487. The molecular formula is C24H30N8O10S2. The zero-order valence-corrected chi connectivity index (χ0v) is 25.2. The van der Waals surface area contributed by atoms with Crippen LogP contribution in [0, 0.1) is 6.92 Å². The summed E-state index contributed by atoms with van der Waals surface area (Å²) in [5, 5.41) is 19.4. The lowest BCUT2D eigenvalue weighted by atomic mass is 9.84. The molecular weight excluding hydrogens is 624 g/mol. The van der Waals surface area contributed by atoms with E-state index < -0.39 is 58.2 Å². The number of hydroxylamine groups is 2. The standard InChI is InChI=1S/C24H30N8O10S2/c1-11-16(29-23(26)43-11)17(20(33)30-18-21(34)32(24(18,2)3)42-44(37,38)39)31-41-15(22(35)36)10-40-14-6-4-12(5-7-14)19(25)28-13-8-27-9-13/h4-7,13,15,18,27H,8-10H2,1-3H3,(H2,25,28)(H2,26,29)(H,30,33)(H,35,36)(H,37,38,39)/b31-17-/t15-,18+/m0/s1. The normalized spacial score (nSPS) is 19.5. The van der Waals surface area contributed by atoms with Crippen LogP contribution in [-0.4, -0.2) is 101 Å². The summed E-state index contributed by atoms with van der Waals surface area (Å²) in [4.78, 5) is 51.8. The topological polar surface area (TPSA) is 270 Å². The largest absolute Gasteiger partial charge is 0.489 e. The van der Waals surface area contributed by atoms with Gasteiger partial charge in [-0.05, 0) is 45.0 Å². The fraction of sp³-hybridized carbons (Fsp3) is 0.417. The Hall–Kier alpha value is -4.37. The third-order valence-electron chi connectivity index (χ3n) is 6.55. The number of aromatic nitrogens is 1. The number of aliphatic carboxylic acids is 1. The zero-order chi connectivity index (χ0) is 32.4. The number of carboxylic acid groups (broad SMARTS) is 1. The summed E-state index contributed by atoms with van der Waals surface area (Å²) in [6.45, 7) is 5.29. The molecule has 18 nitrogen and oxygen atoms in total. The second-order valence-corrected chi connectivity index (χ2v) is 12.4. The first-order chi connectivity index (χ1) is 20.6. The predicted octanol–water partition coefficient (Wildman–Crippen LogP) is -1.20. The molecule has 8 N–H and O–H groups in total. The van der Waals surface area contributed by atoms with Gasteiger partial charge in [-0.1, -0.05) is 5.16 Å². The molecule has 2 aliphatic rings. The number of aryl methyl sites for hydroxylation is 1. The number of nitrogen functional groups attached to an aromatic ring is 1. The Balaban J connectivity index is 1.47. The molecule has 0 aliphatic carbocycles. The summed E-state index contributed by atoms with van der Waals surface area (Å²) >= 11 is 1.02. The van der Waals surface area contributed by atoms with Crippen molar-refractivity contribution in [3.05, 3.63) is 40.4 Å². The van der Waals surface area contributed by atoms with E-state index in [1.165, 1.54) is 13.8 Å². The third-order valence-corrected chi connectivity index (χ3v) is 7.69. The highest BCUT2D eigenvalue weighted by Gasteiger charge is 2.58. The number of ether oxygens (including phenoxy) is 1. The molecule has 0 bridgehead atoms. The maximum absolute atomic E-state index is 13.3. The Kier molecular flexibility index (Phi) is 9.39. The molecule has 2 aromatic rings. The minimum absolute atomic E-state index is 0.0433. The third kappa shape index (κ3) is 7.39. The molecule has 2 fully saturated rings. The van der Waals surface area contributed by atoms with Crippen molar-refractivity contribution in [3.63, 3.8) is 0 Å². The average Bonchev–Trinajstić information content (AvgIpc) is 3.26. The van der Waals surface area contributed by atoms with Gasteiger partial charge >= 0.3 is 16.4 Å². The molecule has 0 radical (unpaired) electrons. The van der Waals surface area contributed by atoms with E-state index in [1.54, 1.807) is 31.2 Å². The summed E-state index contributed by atoms with van der Waals surface area (Å²) < 4.78 is 41.0. The fourth-order valence-electron chi connectivity index (χ4n) is 4.04. The van der Waals surface area contributed by atoms with Gasteiger partial charge in [0.05, 0.1) is 11.6 Å². The molecule has 2 aliphatic heterocycles. The number of nitrogens with zero attached hydrogens (tertiary/aromatic N) is 4. The first kappa shape index (κ1) is 32.5. The number of hydrogen-bond acceptors (Lipinski definition) is 14. The van der Waals surface area contributed by atoms with Crippen LogP contribution >= 0.6 is 11.3 Å².